The fraction of sp³-hybridized carbons (Fsp3) is 0.214. The molecule has 102 valence electrons. The first kappa shape index (κ1) is 12.4. The Kier molecular flexibility index (Phi) is 3.20. The molecule has 0 aliphatic carbocycles. The molecule has 2 heterocycles. The lowest BCUT2D eigenvalue weighted by Crippen LogP contribution is -2.05. The van der Waals surface area contributed by atoms with Crippen LogP contribution >= 0.6 is 0 Å². The van der Waals surface area contributed by atoms with Gasteiger partial charge < -0.3 is 10.6 Å². The lowest BCUT2D eigenvalue weighted by Gasteiger charge is -2.09. The maximum Gasteiger partial charge on any atom is 0.225 e. The van der Waals surface area contributed by atoms with E-state index in [-0.39, 0.29) is 0 Å². The van der Waals surface area contributed by atoms with Crippen molar-refractivity contribution in [3.05, 3.63) is 36.5 Å². The van der Waals surface area contributed by atoms with Crippen LogP contribution in [0.25, 0.3) is 10.9 Å². The first-order chi connectivity index (χ1) is 9.76. The average molecular weight is 268 g/mol. The van der Waals surface area contributed by atoms with Gasteiger partial charge in [-0.15, -0.1) is 0 Å². The molecule has 6 heteroatoms. The number of rotatable bonds is 4. The van der Waals surface area contributed by atoms with Gasteiger partial charge in [0, 0.05) is 31.2 Å². The van der Waals surface area contributed by atoms with E-state index in [1.165, 1.54) is 0 Å². The number of nitrogens with zero attached hydrogens (tertiary/aromatic N) is 4. The molecule has 0 unspecified atom stereocenters. The number of aromatic nitrogens is 4. The summed E-state index contributed by atoms with van der Waals surface area (Å²) < 4.78 is 1.75. The molecule has 20 heavy (non-hydrogen) atoms. The Bertz CT molecular complexity index is 733. The molecule has 0 fully saturated rings. The zero-order valence-corrected chi connectivity index (χ0v) is 11.5. The monoisotopic (exact) mass is 268 g/mol. The number of hydrogen-bond acceptors (Lipinski definition) is 5. The van der Waals surface area contributed by atoms with Crippen LogP contribution in [-0.4, -0.2) is 26.3 Å². The largest absolute Gasteiger partial charge is 0.354 e. The van der Waals surface area contributed by atoms with Crippen molar-refractivity contribution in [3.8, 4) is 0 Å². The molecule has 3 aromatic rings. The van der Waals surface area contributed by atoms with Gasteiger partial charge in [0.1, 0.15) is 5.82 Å². The number of aryl methyl sites for hydroxylation is 1. The van der Waals surface area contributed by atoms with E-state index in [2.05, 4.69) is 25.7 Å². The molecule has 1 aromatic carbocycles. The number of para-hydroxylation sites is 1. The van der Waals surface area contributed by atoms with Crippen molar-refractivity contribution >= 4 is 28.5 Å². The molecule has 2 aromatic heterocycles. The van der Waals surface area contributed by atoms with Gasteiger partial charge in [0.05, 0.1) is 5.52 Å². The molecule has 0 saturated carbocycles. The number of benzene rings is 1. The topological polar surface area (TPSA) is 67.7 Å². The van der Waals surface area contributed by atoms with Crippen LogP contribution in [0.1, 0.15) is 6.92 Å². The van der Waals surface area contributed by atoms with Crippen molar-refractivity contribution < 1.29 is 0 Å². The normalized spacial score (nSPS) is 10.7. The van der Waals surface area contributed by atoms with E-state index in [0.29, 0.717) is 5.95 Å². The summed E-state index contributed by atoms with van der Waals surface area (Å²) in [4.78, 5) is 9.00. The van der Waals surface area contributed by atoms with Crippen LogP contribution in [0.4, 0.5) is 17.6 Å². The highest BCUT2D eigenvalue weighted by Crippen LogP contribution is 2.24. The molecular weight excluding hydrogens is 252 g/mol. The summed E-state index contributed by atoms with van der Waals surface area (Å²) in [5, 5.41) is 11.7. The summed E-state index contributed by atoms with van der Waals surface area (Å²) >= 11 is 0. The second-order valence-corrected chi connectivity index (χ2v) is 4.44. The summed E-state index contributed by atoms with van der Waals surface area (Å²) in [7, 11) is 1.88. The molecule has 6 nitrogen and oxygen atoms in total. The van der Waals surface area contributed by atoms with Crippen molar-refractivity contribution in [2.75, 3.05) is 17.2 Å². The van der Waals surface area contributed by atoms with Crippen LogP contribution in [0.5, 0.6) is 0 Å². The van der Waals surface area contributed by atoms with Crippen molar-refractivity contribution in [1.29, 1.82) is 0 Å². The number of nitrogens with one attached hydrogen (secondary N) is 2. The van der Waals surface area contributed by atoms with Gasteiger partial charge in [-0.1, -0.05) is 12.1 Å². The zero-order chi connectivity index (χ0) is 13.9. The predicted molar refractivity (Wildman–Crippen MR) is 80.2 cm³/mol. The van der Waals surface area contributed by atoms with Gasteiger partial charge in [-0.2, -0.15) is 10.1 Å². The minimum Gasteiger partial charge on any atom is -0.354 e. The van der Waals surface area contributed by atoms with Gasteiger partial charge in [-0.25, -0.2) is 4.98 Å². The van der Waals surface area contributed by atoms with Crippen LogP contribution < -0.4 is 10.6 Å². The van der Waals surface area contributed by atoms with Crippen LogP contribution in [0, 0.1) is 0 Å². The molecule has 0 spiro atoms. The van der Waals surface area contributed by atoms with E-state index in [1.807, 2.05) is 50.5 Å². The Morgan fingerprint density at radius 2 is 2.00 bits per heavy atom. The fourth-order valence-electron chi connectivity index (χ4n) is 2.01. The number of fused-ring (bicyclic) bond motifs is 1. The summed E-state index contributed by atoms with van der Waals surface area (Å²) in [5.41, 5.74) is 0.900. The van der Waals surface area contributed by atoms with Crippen LogP contribution in [0.3, 0.4) is 0 Å². The number of hydrogen-bond donors (Lipinski definition) is 2. The first-order valence-electron chi connectivity index (χ1n) is 6.53. The highest BCUT2D eigenvalue weighted by molar-refractivity contribution is 5.91. The Morgan fingerprint density at radius 1 is 1.15 bits per heavy atom. The summed E-state index contributed by atoms with van der Waals surface area (Å²) in [6.07, 6.45) is 1.89. The van der Waals surface area contributed by atoms with Crippen LogP contribution in [0.15, 0.2) is 36.5 Å². The van der Waals surface area contributed by atoms with Gasteiger partial charge >= 0.3 is 0 Å². The number of anilines is 3. The maximum atomic E-state index is 4.51. The minimum absolute atomic E-state index is 0.615. The van der Waals surface area contributed by atoms with E-state index < -0.39 is 0 Å². The second-order valence-electron chi connectivity index (χ2n) is 4.44. The second kappa shape index (κ2) is 5.16. The summed E-state index contributed by atoms with van der Waals surface area (Å²) in [6.45, 7) is 2.80. The van der Waals surface area contributed by atoms with E-state index in [1.54, 1.807) is 4.68 Å². The third kappa shape index (κ3) is 2.40. The first-order valence-corrected chi connectivity index (χ1v) is 6.53. The molecule has 0 amide bonds. The highest BCUT2D eigenvalue weighted by Gasteiger charge is 2.08. The lowest BCUT2D eigenvalue weighted by molar-refractivity contribution is 0.771. The van der Waals surface area contributed by atoms with Crippen molar-refractivity contribution in [2.45, 2.75) is 6.92 Å². The molecular formula is C14H16N6. The van der Waals surface area contributed by atoms with E-state index >= 15 is 0 Å². The van der Waals surface area contributed by atoms with Gasteiger partial charge in [0.25, 0.3) is 0 Å². The molecule has 0 aliphatic rings. The smallest absolute Gasteiger partial charge is 0.225 e. The third-order valence-corrected chi connectivity index (χ3v) is 2.90. The van der Waals surface area contributed by atoms with Gasteiger partial charge in [0.2, 0.25) is 5.95 Å². The Hall–Kier alpha value is -2.63. The lowest BCUT2D eigenvalue weighted by atomic mass is 10.2. The van der Waals surface area contributed by atoms with Crippen LogP contribution in [0.2, 0.25) is 0 Å². The van der Waals surface area contributed by atoms with Crippen LogP contribution in [-0.2, 0) is 7.05 Å². The SMILES string of the molecule is CCNc1nc(Nc2ccn(C)n2)c2ccccc2n1. The molecule has 2 N–H and O–H groups in total. The maximum absolute atomic E-state index is 4.51. The Morgan fingerprint density at radius 3 is 2.75 bits per heavy atom. The molecule has 0 atom stereocenters. The van der Waals surface area contributed by atoms with E-state index in [0.717, 1.165) is 29.1 Å². The van der Waals surface area contributed by atoms with E-state index in [4.69, 9.17) is 0 Å². The van der Waals surface area contributed by atoms with Gasteiger partial charge in [-0.05, 0) is 19.1 Å². The molecule has 3 rings (SSSR count). The van der Waals surface area contributed by atoms with Gasteiger partial charge in [-0.3, -0.25) is 4.68 Å². The standard InChI is InChI=1S/C14H16N6/c1-3-15-14-16-11-7-5-4-6-10(11)13(18-14)17-12-8-9-20(2)19-12/h4-9H,3H2,1-2H3,(H2,15,16,17,18,19). The fourth-order valence-corrected chi connectivity index (χ4v) is 2.01. The molecule has 0 bridgehead atoms. The minimum atomic E-state index is 0.615. The van der Waals surface area contributed by atoms with Crippen molar-refractivity contribution in [1.82, 2.24) is 19.7 Å². The Labute approximate surface area is 116 Å². The molecule has 0 radical (unpaired) electrons. The highest BCUT2D eigenvalue weighted by atomic mass is 15.3. The van der Waals surface area contributed by atoms with E-state index in [9.17, 15) is 0 Å². The zero-order valence-electron chi connectivity index (χ0n) is 11.5. The van der Waals surface area contributed by atoms with Gasteiger partial charge in [0.15, 0.2) is 5.82 Å². The predicted octanol–water partition coefficient (Wildman–Crippen LogP) is 2.54. The third-order valence-electron chi connectivity index (χ3n) is 2.90. The average Bonchev–Trinajstić information content (AvgIpc) is 2.85. The quantitative estimate of drug-likeness (QED) is 0.761. The molecule has 0 aliphatic heterocycles. The summed E-state index contributed by atoms with van der Waals surface area (Å²) in [5.74, 6) is 2.13. The van der Waals surface area contributed by atoms with Crippen molar-refractivity contribution in [2.24, 2.45) is 7.05 Å². The Balaban J connectivity index is 2.06. The summed E-state index contributed by atoms with van der Waals surface area (Å²) in [6, 6.07) is 9.82. The molecule has 0 saturated heterocycles. The van der Waals surface area contributed by atoms with Crippen molar-refractivity contribution in [3.63, 3.8) is 0 Å².